The molecule has 2 aromatic rings. The molecule has 1 aromatic heterocycles. The van der Waals surface area contributed by atoms with E-state index in [1.54, 1.807) is 32.6 Å². The lowest BCUT2D eigenvalue weighted by Gasteiger charge is -2.29. The number of ether oxygens (including phenoxy) is 2. The number of rotatable bonds is 8. The van der Waals surface area contributed by atoms with E-state index in [-0.39, 0.29) is 29.9 Å². The van der Waals surface area contributed by atoms with Gasteiger partial charge in [0.15, 0.2) is 17.5 Å². The summed E-state index contributed by atoms with van der Waals surface area (Å²) in [6.07, 6.45) is 2.10. The summed E-state index contributed by atoms with van der Waals surface area (Å²) in [5.74, 6) is 2.37. The van der Waals surface area contributed by atoms with Crippen molar-refractivity contribution in [2.45, 2.75) is 32.4 Å². The van der Waals surface area contributed by atoms with Crippen LogP contribution in [0.4, 0.5) is 0 Å². The van der Waals surface area contributed by atoms with Crippen LogP contribution < -0.4 is 20.1 Å². The van der Waals surface area contributed by atoms with Gasteiger partial charge in [0.05, 0.1) is 14.2 Å². The van der Waals surface area contributed by atoms with Gasteiger partial charge in [0.2, 0.25) is 5.91 Å². The number of halogens is 1. The molecule has 1 aromatic carbocycles. The number of fused-ring (bicyclic) bond motifs is 1. The highest BCUT2D eigenvalue weighted by Crippen LogP contribution is 2.33. The number of amides is 1. The lowest BCUT2D eigenvalue weighted by molar-refractivity contribution is -0.132. The van der Waals surface area contributed by atoms with E-state index in [2.05, 4.69) is 32.5 Å². The highest BCUT2D eigenvalue weighted by molar-refractivity contribution is 14.0. The van der Waals surface area contributed by atoms with E-state index in [1.165, 1.54) is 11.1 Å². The molecule has 31 heavy (non-hydrogen) atoms. The van der Waals surface area contributed by atoms with E-state index < -0.39 is 0 Å². The first-order valence-corrected chi connectivity index (χ1v) is 11.1. The molecule has 0 spiro atoms. The number of nitrogens with one attached hydrogen (secondary N) is 2. The molecule has 1 aliphatic rings. The standard InChI is InChI=1S/C22H30N4O3S.HI/c1-23-22(25-13-16-7-10-30-15-16)24-8-4-5-21(27)26-9-6-17-11-19(28-2)20(29-3)12-18(17)14-26;/h7,10-12,15H,4-6,8-9,13-14H2,1-3H3,(H2,23,24,25);1H. The zero-order valence-electron chi connectivity index (χ0n) is 18.3. The van der Waals surface area contributed by atoms with Crippen LogP contribution in [0.5, 0.6) is 11.5 Å². The molecule has 0 radical (unpaired) electrons. The Hall–Kier alpha value is -2.01. The van der Waals surface area contributed by atoms with Gasteiger partial charge in [0, 0.05) is 39.6 Å². The first-order chi connectivity index (χ1) is 14.6. The van der Waals surface area contributed by atoms with Gasteiger partial charge in [-0.3, -0.25) is 9.79 Å². The van der Waals surface area contributed by atoms with Gasteiger partial charge in [-0.05, 0) is 58.5 Å². The Morgan fingerprint density at radius 1 is 1.19 bits per heavy atom. The van der Waals surface area contributed by atoms with Crippen molar-refractivity contribution in [2.75, 3.05) is 34.4 Å². The fourth-order valence-corrected chi connectivity index (χ4v) is 4.17. The van der Waals surface area contributed by atoms with Crippen molar-refractivity contribution in [3.05, 3.63) is 45.6 Å². The van der Waals surface area contributed by atoms with Gasteiger partial charge in [0.25, 0.3) is 0 Å². The SMILES string of the molecule is CN=C(NCCCC(=O)N1CCc2cc(OC)c(OC)cc2C1)NCc1ccsc1.I. The maximum absolute atomic E-state index is 12.7. The molecule has 0 aliphatic carbocycles. The first kappa shape index (κ1) is 25.3. The minimum atomic E-state index is 0. The number of hydrogen-bond acceptors (Lipinski definition) is 5. The molecular weight excluding hydrogens is 527 g/mol. The lowest BCUT2D eigenvalue weighted by atomic mass is 9.98. The van der Waals surface area contributed by atoms with Crippen LogP contribution in [-0.4, -0.2) is 51.1 Å². The molecule has 0 saturated carbocycles. The molecule has 0 atom stereocenters. The van der Waals surface area contributed by atoms with Crippen LogP contribution in [0.15, 0.2) is 34.0 Å². The summed E-state index contributed by atoms with van der Waals surface area (Å²) in [6, 6.07) is 6.10. The molecule has 170 valence electrons. The zero-order chi connectivity index (χ0) is 21.3. The van der Waals surface area contributed by atoms with E-state index in [4.69, 9.17) is 9.47 Å². The number of carbonyl (C=O) groups excluding carboxylic acids is 1. The third-order valence-corrected chi connectivity index (χ3v) is 5.93. The van der Waals surface area contributed by atoms with E-state index in [0.717, 1.165) is 43.2 Å². The number of guanidine groups is 1. The molecule has 0 saturated heterocycles. The van der Waals surface area contributed by atoms with E-state index in [9.17, 15) is 4.79 Å². The fraction of sp³-hybridized carbons (Fsp3) is 0.455. The van der Waals surface area contributed by atoms with Crippen molar-refractivity contribution in [3.8, 4) is 11.5 Å². The predicted octanol–water partition coefficient (Wildman–Crippen LogP) is 3.41. The third kappa shape index (κ3) is 6.99. The molecule has 0 fully saturated rings. The summed E-state index contributed by atoms with van der Waals surface area (Å²) < 4.78 is 10.8. The molecule has 3 rings (SSSR count). The van der Waals surface area contributed by atoms with Crippen molar-refractivity contribution in [2.24, 2.45) is 4.99 Å². The minimum absolute atomic E-state index is 0. The van der Waals surface area contributed by atoms with Gasteiger partial charge in [-0.1, -0.05) is 0 Å². The van der Waals surface area contributed by atoms with Gasteiger partial charge >= 0.3 is 0 Å². The number of thiophene rings is 1. The number of hydrogen-bond donors (Lipinski definition) is 2. The van der Waals surface area contributed by atoms with Gasteiger partial charge in [-0.2, -0.15) is 11.3 Å². The van der Waals surface area contributed by atoms with E-state index >= 15 is 0 Å². The van der Waals surface area contributed by atoms with E-state index in [0.29, 0.717) is 25.3 Å². The number of aliphatic imine (C=N–C) groups is 1. The van der Waals surface area contributed by atoms with Crippen LogP contribution in [-0.2, 0) is 24.3 Å². The fourth-order valence-electron chi connectivity index (χ4n) is 3.50. The topological polar surface area (TPSA) is 75.2 Å². The molecule has 7 nitrogen and oxygen atoms in total. The Bertz CT molecular complexity index is 874. The summed E-state index contributed by atoms with van der Waals surface area (Å²) in [7, 11) is 5.03. The maximum Gasteiger partial charge on any atom is 0.222 e. The maximum atomic E-state index is 12.7. The van der Waals surface area contributed by atoms with Crippen LogP contribution in [0, 0.1) is 0 Å². The van der Waals surface area contributed by atoms with Gasteiger partial charge in [0.1, 0.15) is 0 Å². The highest BCUT2D eigenvalue weighted by Gasteiger charge is 2.22. The van der Waals surface area contributed by atoms with Gasteiger partial charge in [-0.15, -0.1) is 24.0 Å². The van der Waals surface area contributed by atoms with Crippen LogP contribution in [0.1, 0.15) is 29.5 Å². The second kappa shape index (κ2) is 12.7. The Morgan fingerprint density at radius 2 is 1.94 bits per heavy atom. The van der Waals surface area contributed by atoms with Crippen molar-refractivity contribution >= 4 is 47.2 Å². The molecular formula is C22H31IN4O3S. The molecule has 9 heteroatoms. The predicted molar refractivity (Wildman–Crippen MR) is 136 cm³/mol. The molecule has 2 N–H and O–H groups in total. The van der Waals surface area contributed by atoms with Crippen LogP contribution in [0.2, 0.25) is 0 Å². The summed E-state index contributed by atoms with van der Waals surface area (Å²) in [5.41, 5.74) is 3.58. The third-order valence-electron chi connectivity index (χ3n) is 5.19. The summed E-state index contributed by atoms with van der Waals surface area (Å²) in [4.78, 5) is 18.8. The quantitative estimate of drug-likeness (QED) is 0.225. The van der Waals surface area contributed by atoms with Crippen molar-refractivity contribution in [1.29, 1.82) is 0 Å². The normalized spacial score (nSPS) is 13.1. The number of carbonyl (C=O) groups is 1. The largest absolute Gasteiger partial charge is 0.493 e. The average Bonchev–Trinajstić information content (AvgIpc) is 3.30. The van der Waals surface area contributed by atoms with Crippen LogP contribution in [0.3, 0.4) is 0 Å². The first-order valence-electron chi connectivity index (χ1n) is 10.1. The van der Waals surface area contributed by atoms with Crippen molar-refractivity contribution < 1.29 is 14.3 Å². The molecule has 0 unspecified atom stereocenters. The lowest BCUT2D eigenvalue weighted by Crippen LogP contribution is -2.38. The molecule has 1 amide bonds. The molecule has 2 heterocycles. The summed E-state index contributed by atoms with van der Waals surface area (Å²) in [6.45, 7) is 2.79. The minimum Gasteiger partial charge on any atom is -0.493 e. The van der Waals surface area contributed by atoms with E-state index in [1.807, 2.05) is 17.0 Å². The summed E-state index contributed by atoms with van der Waals surface area (Å²) in [5, 5.41) is 10.7. The average molecular weight is 558 g/mol. The van der Waals surface area contributed by atoms with Gasteiger partial charge < -0.3 is 25.0 Å². The Labute approximate surface area is 205 Å². The van der Waals surface area contributed by atoms with Crippen molar-refractivity contribution in [1.82, 2.24) is 15.5 Å². The monoisotopic (exact) mass is 558 g/mol. The second-order valence-electron chi connectivity index (χ2n) is 7.13. The second-order valence-corrected chi connectivity index (χ2v) is 7.91. The highest BCUT2D eigenvalue weighted by atomic mass is 127. The summed E-state index contributed by atoms with van der Waals surface area (Å²) >= 11 is 1.68. The zero-order valence-corrected chi connectivity index (χ0v) is 21.4. The smallest absolute Gasteiger partial charge is 0.222 e. The number of nitrogens with zero attached hydrogens (tertiary/aromatic N) is 2. The van der Waals surface area contributed by atoms with Crippen LogP contribution in [0.25, 0.3) is 0 Å². The van der Waals surface area contributed by atoms with Crippen LogP contribution >= 0.6 is 35.3 Å². The number of methoxy groups -OCH3 is 2. The molecule has 0 bridgehead atoms. The van der Waals surface area contributed by atoms with Gasteiger partial charge in [-0.25, -0.2) is 0 Å². The van der Waals surface area contributed by atoms with Crippen molar-refractivity contribution in [3.63, 3.8) is 0 Å². The Kier molecular flexibility index (Phi) is 10.4. The number of benzene rings is 1. The molecule has 1 aliphatic heterocycles. The Morgan fingerprint density at radius 3 is 2.58 bits per heavy atom. The Balaban J connectivity index is 0.00000341.